The molecule has 3 aromatic rings. The molecule has 1 amide bonds. The van der Waals surface area contributed by atoms with Crippen molar-refractivity contribution in [2.75, 3.05) is 19.8 Å². The summed E-state index contributed by atoms with van der Waals surface area (Å²) in [7, 11) is 0. The fraction of sp³-hybridized carbons (Fsp3) is 0.300. The number of benzene rings is 3. The van der Waals surface area contributed by atoms with Gasteiger partial charge in [0.15, 0.2) is 0 Å². The van der Waals surface area contributed by atoms with E-state index < -0.39 is 28.8 Å². The van der Waals surface area contributed by atoms with Gasteiger partial charge in [0.25, 0.3) is 0 Å². The molecule has 0 spiro atoms. The fourth-order valence-corrected chi connectivity index (χ4v) is 4.77. The maximum Gasteiger partial charge on any atom is 0.408 e. The molecule has 40 heavy (non-hydrogen) atoms. The van der Waals surface area contributed by atoms with Crippen molar-refractivity contribution in [3.8, 4) is 11.1 Å². The maximum atomic E-state index is 12.7. The highest BCUT2D eigenvalue weighted by Crippen LogP contribution is 2.44. The SMILES string of the molecule is [3H]ON(CCOC(=O)C(C)(C)NC(=O)OCC1c2ccccc2-c2ccccc21)N[C@@H](Cc1ccccc1)C(=O)S. The predicted molar refractivity (Wildman–Crippen MR) is 153 cm³/mol. The number of nitrogens with one attached hydrogen (secondary N) is 2. The number of hydrogen-bond acceptors (Lipinski definition) is 8. The van der Waals surface area contributed by atoms with Crippen LogP contribution in [0.5, 0.6) is 0 Å². The van der Waals surface area contributed by atoms with Crippen LogP contribution in [0.4, 0.5) is 4.79 Å². The zero-order valence-electron chi connectivity index (χ0n) is 23.3. The number of ether oxygens (including phenoxy) is 2. The Morgan fingerprint density at radius 2 is 1.57 bits per heavy atom. The number of nitrogens with zero attached hydrogens (tertiary/aromatic N) is 1. The molecule has 0 saturated heterocycles. The number of carbonyl (C=O) groups excluding carboxylic acids is 3. The van der Waals surface area contributed by atoms with Crippen LogP contribution in [0, 0.1) is 0 Å². The Hall–Kier alpha value is -3.70. The van der Waals surface area contributed by atoms with Crippen molar-refractivity contribution in [2.24, 2.45) is 0 Å². The molecule has 1 atom stereocenters. The highest BCUT2D eigenvalue weighted by Gasteiger charge is 2.34. The second kappa shape index (κ2) is 13.1. The molecule has 0 heterocycles. The molecule has 0 radical (unpaired) electrons. The van der Waals surface area contributed by atoms with Crippen LogP contribution in [0.1, 0.15) is 36.5 Å². The van der Waals surface area contributed by atoms with Gasteiger partial charge in [-0.3, -0.25) is 10.0 Å². The van der Waals surface area contributed by atoms with Gasteiger partial charge in [-0.1, -0.05) is 78.9 Å². The van der Waals surface area contributed by atoms with Gasteiger partial charge >= 0.3 is 12.1 Å². The van der Waals surface area contributed by atoms with Gasteiger partial charge in [-0.2, -0.15) is 0 Å². The topological polar surface area (TPSA) is 117 Å². The van der Waals surface area contributed by atoms with E-state index in [9.17, 15) is 14.4 Å². The minimum absolute atomic E-state index is 0.0669. The van der Waals surface area contributed by atoms with E-state index in [1.807, 2.05) is 66.7 Å². The summed E-state index contributed by atoms with van der Waals surface area (Å²) in [5.41, 5.74) is 6.68. The number of amides is 1. The van der Waals surface area contributed by atoms with Gasteiger partial charge < -0.3 is 14.8 Å². The van der Waals surface area contributed by atoms with Crippen molar-refractivity contribution in [3.63, 3.8) is 0 Å². The van der Waals surface area contributed by atoms with E-state index in [1.54, 1.807) is 0 Å². The van der Waals surface area contributed by atoms with E-state index in [4.69, 9.17) is 10.9 Å². The molecule has 0 aromatic heterocycles. The lowest BCUT2D eigenvalue weighted by atomic mass is 9.98. The molecular weight excluding hydrogens is 530 g/mol. The standard InChI is InChI=1S/C30H33N3O6S/c1-30(2,28(35)38-17-16-33(37)32-26(27(34)40)18-20-10-4-3-5-11-20)31-29(36)39-19-25-23-14-8-6-12-21(23)22-13-7-9-15-24(22)25/h3-15,25-26,32,37H,16-19H2,1-2H3,(H,31,36)(H,34,40)/t26-/m0/s1/i37T. The number of fused-ring (bicyclic) bond motifs is 3. The van der Waals surface area contributed by atoms with Gasteiger partial charge in [-0.15, -0.1) is 17.8 Å². The molecule has 210 valence electrons. The zero-order valence-corrected chi connectivity index (χ0v) is 23.2. The molecule has 1 aliphatic rings. The normalized spacial score (nSPS) is 13.7. The predicted octanol–water partition coefficient (Wildman–Crippen LogP) is 4.11. The Balaban J connectivity index is 1.25. The number of thiol groups is 1. The third kappa shape index (κ3) is 7.28. The average molecular weight is 566 g/mol. The molecule has 4 rings (SSSR count). The first-order valence-corrected chi connectivity index (χ1v) is 13.4. The molecule has 3 aromatic carbocycles. The van der Waals surface area contributed by atoms with Crippen LogP contribution in [-0.4, -0.2) is 58.9 Å². The quantitative estimate of drug-likeness (QED) is 0.139. The third-order valence-electron chi connectivity index (χ3n) is 6.68. The molecule has 0 saturated carbocycles. The van der Waals surface area contributed by atoms with Crippen molar-refractivity contribution >= 4 is 29.8 Å². The van der Waals surface area contributed by atoms with Gasteiger partial charge in [0.1, 0.15) is 18.8 Å². The molecule has 9 nitrogen and oxygen atoms in total. The summed E-state index contributed by atoms with van der Waals surface area (Å²) in [4.78, 5) is 37.4. The smallest absolute Gasteiger partial charge is 0.408 e. The van der Waals surface area contributed by atoms with Crippen LogP contribution in [0.2, 0.25) is 1.43 Å². The van der Waals surface area contributed by atoms with Gasteiger partial charge in [-0.05, 0) is 48.1 Å². The Morgan fingerprint density at radius 1 is 0.975 bits per heavy atom. The summed E-state index contributed by atoms with van der Waals surface area (Å²) < 4.78 is 18.2. The van der Waals surface area contributed by atoms with Crippen molar-refractivity contribution in [2.45, 2.75) is 37.8 Å². The van der Waals surface area contributed by atoms with Gasteiger partial charge in [0.05, 0.1) is 12.6 Å². The highest BCUT2D eigenvalue weighted by atomic mass is 32.1. The first-order chi connectivity index (χ1) is 19.7. The number of hydrazine groups is 1. The fourth-order valence-electron chi connectivity index (χ4n) is 4.62. The van der Waals surface area contributed by atoms with Crippen LogP contribution >= 0.6 is 12.6 Å². The monoisotopic (exact) mass is 565 g/mol. The summed E-state index contributed by atoms with van der Waals surface area (Å²) in [6.07, 6.45) is -0.428. The highest BCUT2D eigenvalue weighted by molar-refractivity contribution is 7.96. The molecular formula is C30H33N3O6S. The van der Waals surface area contributed by atoms with Crippen molar-refractivity contribution < 1.29 is 30.5 Å². The number of rotatable bonds is 13. The second-order valence-corrected chi connectivity index (χ2v) is 10.5. The van der Waals surface area contributed by atoms with E-state index in [2.05, 4.69) is 40.7 Å². The maximum absolute atomic E-state index is 12.7. The summed E-state index contributed by atoms with van der Waals surface area (Å²) in [6, 6.07) is 24.6. The molecule has 3 N–H and O–H groups in total. The van der Waals surface area contributed by atoms with Crippen molar-refractivity contribution in [1.82, 2.24) is 15.9 Å². The van der Waals surface area contributed by atoms with E-state index in [1.165, 1.54) is 13.8 Å². The van der Waals surface area contributed by atoms with Gasteiger partial charge in [0, 0.05) is 5.92 Å². The second-order valence-electron chi connectivity index (χ2n) is 10.0. The minimum atomic E-state index is -1.39. The Kier molecular flexibility index (Phi) is 9.12. The average Bonchev–Trinajstić information content (AvgIpc) is 3.28. The zero-order chi connectivity index (χ0) is 29.4. The lowest BCUT2D eigenvalue weighted by Gasteiger charge is -2.25. The van der Waals surface area contributed by atoms with Crippen molar-refractivity contribution in [1.29, 1.82) is 0 Å². The van der Waals surface area contributed by atoms with Crippen LogP contribution in [0.25, 0.3) is 11.1 Å². The van der Waals surface area contributed by atoms with E-state index >= 15 is 0 Å². The third-order valence-corrected chi connectivity index (χ3v) is 6.99. The molecule has 0 bridgehead atoms. The van der Waals surface area contributed by atoms with Gasteiger partial charge in [0.2, 0.25) is 6.55 Å². The Bertz CT molecular complexity index is 1330. The lowest BCUT2D eigenvalue weighted by Crippen LogP contribution is -2.52. The number of esters is 1. The molecule has 1 aliphatic carbocycles. The first kappa shape index (κ1) is 27.9. The number of hydroxylamine groups is 1. The van der Waals surface area contributed by atoms with E-state index in [-0.39, 0.29) is 25.7 Å². The van der Waals surface area contributed by atoms with Crippen LogP contribution in [0.15, 0.2) is 78.9 Å². The molecule has 10 heteroatoms. The molecule has 0 aliphatic heterocycles. The Morgan fingerprint density at radius 3 is 2.17 bits per heavy atom. The largest absolute Gasteiger partial charge is 0.462 e. The molecule has 0 fully saturated rings. The summed E-state index contributed by atoms with van der Waals surface area (Å²) in [6.45, 7) is 2.87. The number of alkyl carbamates (subject to hydrolysis) is 1. The van der Waals surface area contributed by atoms with Crippen molar-refractivity contribution in [3.05, 3.63) is 95.6 Å². The van der Waals surface area contributed by atoms with Crippen LogP contribution in [0.3, 0.4) is 0 Å². The van der Waals surface area contributed by atoms with Gasteiger partial charge in [-0.25, -0.2) is 15.0 Å². The summed E-state index contributed by atoms with van der Waals surface area (Å²) in [5, 5.41) is 7.63. The van der Waals surface area contributed by atoms with Crippen LogP contribution < -0.4 is 10.7 Å². The number of carbonyl (C=O) groups is 3. The molecule has 0 unspecified atom stereocenters. The van der Waals surface area contributed by atoms with E-state index in [0.29, 0.717) is 6.42 Å². The minimum Gasteiger partial charge on any atom is -0.462 e. The summed E-state index contributed by atoms with van der Waals surface area (Å²) in [5.74, 6) is -0.816. The number of hydrogen-bond donors (Lipinski definition) is 4. The van der Waals surface area contributed by atoms with E-state index in [0.717, 1.165) is 33.0 Å². The Labute approximate surface area is 240 Å². The first-order valence-electron chi connectivity index (χ1n) is 13.3. The van der Waals surface area contributed by atoms with Crippen LogP contribution in [-0.2, 0) is 25.5 Å². The lowest BCUT2D eigenvalue weighted by molar-refractivity contribution is -0.169. The summed E-state index contributed by atoms with van der Waals surface area (Å²) >= 11 is 3.92.